The topological polar surface area (TPSA) is 32.7 Å². The Morgan fingerprint density at radius 3 is 3.12 bits per heavy atom. The molecule has 0 radical (unpaired) electrons. The maximum absolute atomic E-state index is 8.99. The van der Waals surface area contributed by atoms with E-state index in [4.69, 9.17) is 21.4 Å². The SMILES string of the molecule is CC1CN(CCO)Cc2cc(Cl)ccc2O1. The lowest BCUT2D eigenvalue weighted by Crippen LogP contribution is -2.32. The summed E-state index contributed by atoms with van der Waals surface area (Å²) in [6.45, 7) is 4.48. The maximum Gasteiger partial charge on any atom is 0.124 e. The molecular weight excluding hydrogens is 226 g/mol. The maximum atomic E-state index is 8.99. The summed E-state index contributed by atoms with van der Waals surface area (Å²) in [5.41, 5.74) is 1.09. The lowest BCUT2D eigenvalue weighted by atomic mass is 10.2. The molecule has 1 aliphatic rings. The fourth-order valence-corrected chi connectivity index (χ4v) is 2.22. The number of nitrogens with zero attached hydrogens (tertiary/aromatic N) is 1. The molecule has 0 saturated heterocycles. The van der Waals surface area contributed by atoms with E-state index in [9.17, 15) is 0 Å². The summed E-state index contributed by atoms with van der Waals surface area (Å²) in [6, 6.07) is 5.69. The number of hydrogen-bond donors (Lipinski definition) is 1. The molecule has 1 aromatic carbocycles. The predicted octanol–water partition coefficient (Wildman–Crippen LogP) is 1.92. The van der Waals surface area contributed by atoms with Gasteiger partial charge in [-0.1, -0.05) is 11.6 Å². The van der Waals surface area contributed by atoms with Crippen molar-refractivity contribution in [1.82, 2.24) is 4.90 Å². The number of ether oxygens (including phenoxy) is 1. The van der Waals surface area contributed by atoms with Crippen molar-refractivity contribution in [2.24, 2.45) is 0 Å². The zero-order chi connectivity index (χ0) is 11.5. The Bertz CT molecular complexity index is 370. The summed E-state index contributed by atoms with van der Waals surface area (Å²) in [4.78, 5) is 2.17. The number of hydrogen-bond acceptors (Lipinski definition) is 3. The smallest absolute Gasteiger partial charge is 0.124 e. The first-order valence-electron chi connectivity index (χ1n) is 5.47. The van der Waals surface area contributed by atoms with E-state index in [0.717, 1.165) is 29.4 Å². The second-order valence-corrected chi connectivity index (χ2v) is 4.58. The highest BCUT2D eigenvalue weighted by Gasteiger charge is 2.19. The molecule has 4 heteroatoms. The first-order valence-corrected chi connectivity index (χ1v) is 5.85. The van der Waals surface area contributed by atoms with Crippen LogP contribution in [0.15, 0.2) is 18.2 Å². The van der Waals surface area contributed by atoms with Gasteiger partial charge in [-0.15, -0.1) is 0 Å². The van der Waals surface area contributed by atoms with Crippen molar-refractivity contribution in [3.8, 4) is 5.75 Å². The molecule has 0 aromatic heterocycles. The minimum absolute atomic E-state index is 0.133. The third-order valence-corrected chi connectivity index (χ3v) is 2.91. The second-order valence-electron chi connectivity index (χ2n) is 4.14. The monoisotopic (exact) mass is 241 g/mol. The van der Waals surface area contributed by atoms with E-state index in [-0.39, 0.29) is 12.7 Å². The van der Waals surface area contributed by atoms with Crippen molar-refractivity contribution in [3.05, 3.63) is 28.8 Å². The number of fused-ring (bicyclic) bond motifs is 1. The van der Waals surface area contributed by atoms with Gasteiger partial charge in [0.2, 0.25) is 0 Å². The first kappa shape index (κ1) is 11.7. The van der Waals surface area contributed by atoms with Crippen LogP contribution in [0.4, 0.5) is 0 Å². The van der Waals surface area contributed by atoms with Gasteiger partial charge in [-0.05, 0) is 25.1 Å². The molecule has 88 valence electrons. The Hall–Kier alpha value is -0.770. The van der Waals surface area contributed by atoms with Gasteiger partial charge in [0.1, 0.15) is 11.9 Å². The average molecular weight is 242 g/mol. The van der Waals surface area contributed by atoms with E-state index in [1.165, 1.54) is 0 Å². The van der Waals surface area contributed by atoms with Crippen LogP contribution in [-0.4, -0.2) is 35.8 Å². The highest BCUT2D eigenvalue weighted by Crippen LogP contribution is 2.27. The lowest BCUT2D eigenvalue weighted by Gasteiger charge is -2.20. The van der Waals surface area contributed by atoms with Crippen LogP contribution in [0.2, 0.25) is 5.02 Å². The van der Waals surface area contributed by atoms with Gasteiger partial charge in [-0.2, -0.15) is 0 Å². The van der Waals surface area contributed by atoms with Crippen molar-refractivity contribution in [2.75, 3.05) is 19.7 Å². The number of β-amino-alcohol motifs (C(OH)–C–C–N with tert-alkyl or cyclic N) is 1. The summed E-state index contributed by atoms with van der Waals surface area (Å²) in [6.07, 6.45) is 0.133. The molecule has 1 unspecified atom stereocenters. The fourth-order valence-electron chi connectivity index (χ4n) is 2.02. The van der Waals surface area contributed by atoms with E-state index in [1.54, 1.807) is 0 Å². The summed E-state index contributed by atoms with van der Waals surface area (Å²) < 4.78 is 5.81. The van der Waals surface area contributed by atoms with Crippen LogP contribution in [0.3, 0.4) is 0 Å². The number of aliphatic hydroxyl groups is 1. The quantitative estimate of drug-likeness (QED) is 0.859. The predicted molar refractivity (Wildman–Crippen MR) is 63.9 cm³/mol. The third-order valence-electron chi connectivity index (χ3n) is 2.68. The molecule has 0 aliphatic carbocycles. The lowest BCUT2D eigenvalue weighted by molar-refractivity contribution is 0.138. The van der Waals surface area contributed by atoms with Crippen LogP contribution in [0.25, 0.3) is 0 Å². The molecule has 0 spiro atoms. The molecule has 1 aliphatic heterocycles. The van der Waals surface area contributed by atoms with E-state index >= 15 is 0 Å². The van der Waals surface area contributed by atoms with Gasteiger partial charge in [0, 0.05) is 30.2 Å². The molecular formula is C12H16ClNO2. The van der Waals surface area contributed by atoms with E-state index in [0.29, 0.717) is 6.54 Å². The fraction of sp³-hybridized carbons (Fsp3) is 0.500. The van der Waals surface area contributed by atoms with Gasteiger partial charge in [0.05, 0.1) is 6.61 Å². The van der Waals surface area contributed by atoms with Crippen molar-refractivity contribution < 1.29 is 9.84 Å². The normalized spacial score (nSPS) is 21.1. The number of halogens is 1. The zero-order valence-electron chi connectivity index (χ0n) is 9.32. The highest BCUT2D eigenvalue weighted by molar-refractivity contribution is 6.30. The largest absolute Gasteiger partial charge is 0.489 e. The molecule has 1 aromatic rings. The number of benzene rings is 1. The molecule has 16 heavy (non-hydrogen) atoms. The van der Waals surface area contributed by atoms with Crippen LogP contribution in [0, 0.1) is 0 Å². The third kappa shape index (κ3) is 2.67. The molecule has 2 rings (SSSR count). The molecule has 0 bridgehead atoms. The molecule has 1 N–H and O–H groups in total. The van der Waals surface area contributed by atoms with E-state index in [2.05, 4.69) is 4.90 Å². The van der Waals surface area contributed by atoms with Crippen molar-refractivity contribution in [3.63, 3.8) is 0 Å². The van der Waals surface area contributed by atoms with Crippen LogP contribution >= 0.6 is 11.6 Å². The standard InChI is InChI=1S/C12H16ClNO2/c1-9-7-14(4-5-15)8-10-6-11(13)2-3-12(10)16-9/h2-3,6,9,15H,4-5,7-8H2,1H3. The van der Waals surface area contributed by atoms with Crippen LogP contribution < -0.4 is 4.74 Å². The van der Waals surface area contributed by atoms with Crippen LogP contribution in [0.1, 0.15) is 12.5 Å². The number of aliphatic hydroxyl groups excluding tert-OH is 1. The Morgan fingerprint density at radius 2 is 2.38 bits per heavy atom. The van der Waals surface area contributed by atoms with E-state index in [1.807, 2.05) is 25.1 Å². The molecule has 0 amide bonds. The van der Waals surface area contributed by atoms with Gasteiger partial charge >= 0.3 is 0 Å². The van der Waals surface area contributed by atoms with Gasteiger partial charge in [0.25, 0.3) is 0 Å². The molecule has 0 fully saturated rings. The minimum Gasteiger partial charge on any atom is -0.489 e. The summed E-state index contributed by atoms with van der Waals surface area (Å²) in [7, 11) is 0. The summed E-state index contributed by atoms with van der Waals surface area (Å²) >= 11 is 5.97. The van der Waals surface area contributed by atoms with E-state index < -0.39 is 0 Å². The molecule has 0 saturated carbocycles. The summed E-state index contributed by atoms with van der Waals surface area (Å²) in [5.74, 6) is 0.900. The minimum atomic E-state index is 0.133. The second kappa shape index (κ2) is 5.04. The van der Waals surface area contributed by atoms with Gasteiger partial charge in [-0.25, -0.2) is 0 Å². The zero-order valence-corrected chi connectivity index (χ0v) is 10.1. The van der Waals surface area contributed by atoms with Gasteiger partial charge < -0.3 is 9.84 Å². The van der Waals surface area contributed by atoms with Crippen molar-refractivity contribution in [1.29, 1.82) is 0 Å². The highest BCUT2D eigenvalue weighted by atomic mass is 35.5. The molecule has 3 nitrogen and oxygen atoms in total. The average Bonchev–Trinajstić information content (AvgIpc) is 2.36. The van der Waals surface area contributed by atoms with Crippen molar-refractivity contribution in [2.45, 2.75) is 19.6 Å². The Morgan fingerprint density at radius 1 is 1.56 bits per heavy atom. The van der Waals surface area contributed by atoms with Gasteiger partial charge in [-0.3, -0.25) is 4.90 Å². The number of rotatable bonds is 2. The Balaban J connectivity index is 2.25. The van der Waals surface area contributed by atoms with Crippen molar-refractivity contribution >= 4 is 11.6 Å². The van der Waals surface area contributed by atoms with Crippen LogP contribution in [0.5, 0.6) is 5.75 Å². The molecule has 1 heterocycles. The molecule has 1 atom stereocenters. The Labute approximate surface area is 101 Å². The van der Waals surface area contributed by atoms with Gasteiger partial charge in [0.15, 0.2) is 0 Å². The van der Waals surface area contributed by atoms with Crippen LogP contribution in [-0.2, 0) is 6.54 Å². The summed E-state index contributed by atoms with van der Waals surface area (Å²) in [5, 5.41) is 9.71. The first-order chi connectivity index (χ1) is 7.69. The Kier molecular flexibility index (Phi) is 3.69.